The number of thiazole rings is 1. The molecule has 0 aliphatic rings. The quantitative estimate of drug-likeness (QED) is 0.880. The molecule has 2 heterocycles. The number of nitriles is 1. The summed E-state index contributed by atoms with van der Waals surface area (Å²) in [5.74, 6) is -0.349. The third-order valence-electron chi connectivity index (χ3n) is 2.67. The predicted molar refractivity (Wildman–Crippen MR) is 62.4 cm³/mol. The van der Waals surface area contributed by atoms with Crippen LogP contribution < -0.4 is 0 Å². The SMILES string of the molecule is Cc1nc2scc(C)n2c1CC(C#N)CO. The Bertz CT molecular complexity index is 549. The summed E-state index contributed by atoms with van der Waals surface area (Å²) in [6.45, 7) is 3.86. The molecule has 0 fully saturated rings. The number of aliphatic hydroxyl groups excluding tert-OH is 1. The summed E-state index contributed by atoms with van der Waals surface area (Å²) in [5, 5.41) is 20.0. The summed E-state index contributed by atoms with van der Waals surface area (Å²) in [7, 11) is 0. The standard InChI is InChI=1S/C11H13N3OS/c1-7-6-16-11-13-8(2)10(14(7)11)3-9(4-12)5-15/h6,9,15H,3,5H2,1-2H3. The summed E-state index contributed by atoms with van der Waals surface area (Å²) in [5.41, 5.74) is 3.11. The third-order valence-corrected chi connectivity index (χ3v) is 3.62. The monoisotopic (exact) mass is 235 g/mol. The highest BCUT2D eigenvalue weighted by Gasteiger charge is 2.16. The smallest absolute Gasteiger partial charge is 0.194 e. The highest BCUT2D eigenvalue weighted by atomic mass is 32.1. The topological polar surface area (TPSA) is 61.3 Å². The van der Waals surface area contributed by atoms with E-state index in [4.69, 9.17) is 10.4 Å². The minimum atomic E-state index is -0.349. The molecule has 84 valence electrons. The van der Waals surface area contributed by atoms with E-state index in [0.29, 0.717) is 6.42 Å². The van der Waals surface area contributed by atoms with Crippen molar-refractivity contribution in [1.82, 2.24) is 9.38 Å². The molecular formula is C11H13N3OS. The molecule has 0 amide bonds. The number of hydrogen-bond donors (Lipinski definition) is 1. The van der Waals surface area contributed by atoms with E-state index in [1.54, 1.807) is 11.3 Å². The summed E-state index contributed by atoms with van der Waals surface area (Å²) in [4.78, 5) is 5.40. The van der Waals surface area contributed by atoms with Crippen molar-refractivity contribution in [3.05, 3.63) is 22.5 Å². The first kappa shape index (κ1) is 11.1. The molecule has 0 saturated carbocycles. The molecule has 2 aromatic heterocycles. The zero-order valence-corrected chi connectivity index (χ0v) is 10.1. The molecule has 2 rings (SSSR count). The molecule has 2 aromatic rings. The van der Waals surface area contributed by atoms with Gasteiger partial charge in [-0.2, -0.15) is 5.26 Å². The molecule has 0 bridgehead atoms. The van der Waals surface area contributed by atoms with E-state index in [2.05, 4.69) is 15.5 Å². The van der Waals surface area contributed by atoms with Gasteiger partial charge >= 0.3 is 0 Å². The highest BCUT2D eigenvalue weighted by Crippen LogP contribution is 2.22. The van der Waals surface area contributed by atoms with Gasteiger partial charge in [0.05, 0.1) is 24.3 Å². The predicted octanol–water partition coefficient (Wildman–Crippen LogP) is 1.69. The molecule has 0 aliphatic carbocycles. The molecule has 0 aliphatic heterocycles. The number of nitrogens with zero attached hydrogens (tertiary/aromatic N) is 3. The van der Waals surface area contributed by atoms with Crippen molar-refractivity contribution in [2.24, 2.45) is 5.92 Å². The Morgan fingerprint density at radius 1 is 1.62 bits per heavy atom. The fourth-order valence-electron chi connectivity index (χ4n) is 1.79. The molecule has 16 heavy (non-hydrogen) atoms. The minimum absolute atomic E-state index is 0.105. The van der Waals surface area contributed by atoms with Crippen molar-refractivity contribution in [2.45, 2.75) is 20.3 Å². The first-order valence-electron chi connectivity index (χ1n) is 5.10. The summed E-state index contributed by atoms with van der Waals surface area (Å²) in [6, 6.07) is 2.11. The molecule has 1 atom stereocenters. The third kappa shape index (κ3) is 1.70. The first-order valence-corrected chi connectivity index (χ1v) is 5.97. The van der Waals surface area contributed by atoms with Crippen molar-refractivity contribution in [3.8, 4) is 6.07 Å². The highest BCUT2D eigenvalue weighted by molar-refractivity contribution is 7.15. The zero-order chi connectivity index (χ0) is 11.7. The lowest BCUT2D eigenvalue weighted by molar-refractivity contribution is 0.254. The lowest BCUT2D eigenvalue weighted by Gasteiger charge is -2.06. The number of aliphatic hydroxyl groups is 1. The summed E-state index contributed by atoms with van der Waals surface area (Å²) in [6.07, 6.45) is 0.553. The van der Waals surface area contributed by atoms with Crippen molar-refractivity contribution < 1.29 is 5.11 Å². The number of rotatable bonds is 3. The van der Waals surface area contributed by atoms with Gasteiger partial charge in [-0.05, 0) is 13.8 Å². The van der Waals surface area contributed by atoms with Crippen LogP contribution in [0.5, 0.6) is 0 Å². The van der Waals surface area contributed by atoms with E-state index in [-0.39, 0.29) is 12.5 Å². The minimum Gasteiger partial charge on any atom is -0.395 e. The number of fused-ring (bicyclic) bond motifs is 1. The maximum atomic E-state index is 9.06. The number of aromatic nitrogens is 2. The molecule has 0 radical (unpaired) electrons. The Morgan fingerprint density at radius 2 is 2.38 bits per heavy atom. The molecule has 4 nitrogen and oxygen atoms in total. The van der Waals surface area contributed by atoms with Gasteiger partial charge in [-0.1, -0.05) is 0 Å². The van der Waals surface area contributed by atoms with Gasteiger partial charge in [-0.25, -0.2) is 4.98 Å². The van der Waals surface area contributed by atoms with Gasteiger partial charge < -0.3 is 5.11 Å². The van der Waals surface area contributed by atoms with Crippen LogP contribution in [0.2, 0.25) is 0 Å². The first-order chi connectivity index (χ1) is 7.67. The summed E-state index contributed by atoms with van der Waals surface area (Å²) >= 11 is 1.60. The van der Waals surface area contributed by atoms with E-state index in [0.717, 1.165) is 22.0 Å². The Balaban J connectivity index is 2.46. The molecule has 5 heteroatoms. The number of aryl methyl sites for hydroxylation is 2. The van der Waals surface area contributed by atoms with Crippen molar-refractivity contribution in [3.63, 3.8) is 0 Å². The van der Waals surface area contributed by atoms with E-state index in [1.165, 1.54) is 0 Å². The number of imidazole rings is 1. The molecule has 1 unspecified atom stereocenters. The van der Waals surface area contributed by atoms with Crippen molar-refractivity contribution in [1.29, 1.82) is 5.26 Å². The van der Waals surface area contributed by atoms with Gasteiger partial charge in [-0.15, -0.1) is 11.3 Å². The zero-order valence-electron chi connectivity index (χ0n) is 9.27. The Labute approximate surface area is 97.8 Å². The molecular weight excluding hydrogens is 222 g/mol. The average molecular weight is 235 g/mol. The van der Waals surface area contributed by atoms with E-state index in [1.807, 2.05) is 19.2 Å². The van der Waals surface area contributed by atoms with Gasteiger partial charge in [-0.3, -0.25) is 4.40 Å². The van der Waals surface area contributed by atoms with Crippen molar-refractivity contribution in [2.75, 3.05) is 6.61 Å². The molecule has 0 spiro atoms. The van der Waals surface area contributed by atoms with E-state index < -0.39 is 0 Å². The second-order valence-electron chi connectivity index (χ2n) is 3.85. The van der Waals surface area contributed by atoms with Gasteiger partial charge in [0, 0.05) is 23.2 Å². The fraction of sp³-hybridized carbons (Fsp3) is 0.455. The van der Waals surface area contributed by atoms with E-state index >= 15 is 0 Å². The largest absolute Gasteiger partial charge is 0.395 e. The fourth-order valence-corrected chi connectivity index (χ4v) is 2.72. The van der Waals surface area contributed by atoms with Gasteiger partial charge in [0.25, 0.3) is 0 Å². The molecule has 0 saturated heterocycles. The maximum Gasteiger partial charge on any atom is 0.194 e. The van der Waals surface area contributed by atoms with Gasteiger partial charge in [0.1, 0.15) is 0 Å². The lowest BCUT2D eigenvalue weighted by atomic mass is 10.1. The second kappa shape index (κ2) is 4.24. The van der Waals surface area contributed by atoms with Crippen LogP contribution in [0.4, 0.5) is 0 Å². The van der Waals surface area contributed by atoms with Crippen LogP contribution in [-0.2, 0) is 6.42 Å². The average Bonchev–Trinajstić information content (AvgIpc) is 2.77. The maximum absolute atomic E-state index is 9.06. The number of hydrogen-bond acceptors (Lipinski definition) is 4. The van der Waals surface area contributed by atoms with Crippen LogP contribution in [0, 0.1) is 31.1 Å². The Hall–Kier alpha value is -1.38. The molecule has 0 aromatic carbocycles. The lowest BCUT2D eigenvalue weighted by Crippen LogP contribution is -2.09. The summed E-state index contributed by atoms with van der Waals surface area (Å²) < 4.78 is 2.07. The van der Waals surface area contributed by atoms with Crippen LogP contribution in [-0.4, -0.2) is 21.1 Å². The van der Waals surface area contributed by atoms with Crippen LogP contribution in [0.25, 0.3) is 4.96 Å². The van der Waals surface area contributed by atoms with E-state index in [9.17, 15) is 0 Å². The van der Waals surface area contributed by atoms with Crippen LogP contribution in [0.3, 0.4) is 0 Å². The second-order valence-corrected chi connectivity index (χ2v) is 4.69. The Morgan fingerprint density at radius 3 is 3.00 bits per heavy atom. The van der Waals surface area contributed by atoms with Crippen LogP contribution >= 0.6 is 11.3 Å². The molecule has 1 N–H and O–H groups in total. The van der Waals surface area contributed by atoms with Crippen molar-refractivity contribution >= 4 is 16.3 Å². The Kier molecular flexibility index (Phi) is 2.95. The van der Waals surface area contributed by atoms with Gasteiger partial charge in [0.2, 0.25) is 0 Å². The van der Waals surface area contributed by atoms with Crippen LogP contribution in [0.1, 0.15) is 17.1 Å². The van der Waals surface area contributed by atoms with Gasteiger partial charge in [0.15, 0.2) is 4.96 Å². The van der Waals surface area contributed by atoms with Crippen LogP contribution in [0.15, 0.2) is 5.38 Å². The normalized spacial score (nSPS) is 12.9.